The minimum atomic E-state index is -1.28. The Balaban J connectivity index is -0.0000000150. The Bertz CT molecular complexity index is 14.9. The molecule has 0 aliphatic heterocycles. The first-order valence-electron chi connectivity index (χ1n) is 0.655. The molecule has 0 spiro atoms. The maximum absolute atomic E-state index is 3.33. The zero-order valence-electron chi connectivity index (χ0n) is 3.21. The van der Waals surface area contributed by atoms with Crippen LogP contribution in [0.15, 0.2) is 0 Å². The minimum absolute atomic E-state index is 0. The van der Waals surface area contributed by atoms with Crippen LogP contribution in [0.3, 0.4) is 0 Å². The molecule has 7 heavy (non-hydrogen) atoms. The molecule has 0 saturated heterocycles. The number of rotatable bonds is 0. The van der Waals surface area contributed by atoms with E-state index in [9.17, 15) is 0 Å². The molecule has 0 unspecified atom stereocenters. The van der Waals surface area contributed by atoms with Crippen molar-refractivity contribution in [3.8, 4) is 0 Å². The van der Waals surface area contributed by atoms with E-state index in [0.29, 0.717) is 0 Å². The zero-order chi connectivity index (χ0) is 3.58. The van der Waals surface area contributed by atoms with Gasteiger partial charge in [-0.1, -0.05) is 0 Å². The van der Waals surface area contributed by atoms with Gasteiger partial charge in [0.25, 0.3) is 0 Å². The van der Waals surface area contributed by atoms with Gasteiger partial charge in [0.05, 0.1) is 0 Å². The summed E-state index contributed by atoms with van der Waals surface area (Å²) in [6.07, 6.45) is 0. The van der Waals surface area contributed by atoms with Crippen LogP contribution in [0.1, 0.15) is 0 Å². The topological polar surface area (TPSA) is 94.5 Å². The van der Waals surface area contributed by atoms with Crippen LogP contribution in [0, 0.1) is 21.5 Å². The van der Waals surface area contributed by atoms with Gasteiger partial charge in [-0.15, -0.1) is 0 Å². The third-order valence-electron chi connectivity index (χ3n) is 0. The fourth-order valence-corrected chi connectivity index (χ4v) is 0. The van der Waals surface area contributed by atoms with Crippen LogP contribution >= 0.6 is 30.5 Å². The van der Waals surface area contributed by atoms with Crippen molar-refractivity contribution in [2.45, 2.75) is 0 Å². The van der Waals surface area contributed by atoms with Crippen molar-refractivity contribution in [3.05, 3.63) is 0 Å². The van der Waals surface area contributed by atoms with Gasteiger partial charge in [0.2, 0.25) is 0 Å². The summed E-state index contributed by atoms with van der Waals surface area (Å²) in [6.45, 7) is 0. The molecule has 0 rings (SSSR count). The van der Waals surface area contributed by atoms with Crippen LogP contribution < -0.4 is 0 Å². The van der Waals surface area contributed by atoms with Gasteiger partial charge in [0.1, 0.15) is 0 Å². The molecule has 0 aromatic heterocycles. The third-order valence-corrected chi connectivity index (χ3v) is 0. The number of hydrogen-bond acceptors (Lipinski definition) is 0. The summed E-state index contributed by atoms with van der Waals surface area (Å²) in [5.74, 6) is 0. The summed E-state index contributed by atoms with van der Waals surface area (Å²) in [6, 6.07) is 0. The van der Waals surface area contributed by atoms with Crippen molar-refractivity contribution in [2.24, 2.45) is 0 Å². The maximum atomic E-state index is 3.33. The molecule has 0 aliphatic rings. The Kier molecular flexibility index (Phi) is 51.2. The van der Waals surface area contributed by atoms with Gasteiger partial charge in [-0.2, -0.15) is 0 Å². The number of halogens is 3. The van der Waals surface area contributed by atoms with E-state index in [0.717, 1.165) is 0 Å². The van der Waals surface area contributed by atoms with E-state index in [1.807, 2.05) is 0 Å². The first kappa shape index (κ1) is 22.7. The first-order valence-corrected chi connectivity index (χ1v) is 24.8. The van der Waals surface area contributed by atoms with Crippen LogP contribution in [-0.4, -0.2) is 16.4 Å². The molecule has 0 aromatic carbocycles. The Labute approximate surface area is 66.9 Å². The van der Waals surface area contributed by atoms with Crippen molar-refractivity contribution in [1.29, 1.82) is 0 Å². The molecular formula is H6Br3LaO3. The number of hydrogen-bond donors (Lipinski definition) is 0. The van der Waals surface area contributed by atoms with E-state index in [-0.39, 0.29) is 16.4 Å². The Hall–Kier alpha value is 2.51. The van der Waals surface area contributed by atoms with E-state index in [4.69, 9.17) is 0 Å². The molecule has 3 nitrogen and oxygen atoms in total. The normalized spacial score (nSPS) is 3.86. The van der Waals surface area contributed by atoms with E-state index in [1.54, 1.807) is 0 Å². The van der Waals surface area contributed by atoms with E-state index >= 15 is 0 Å². The molecule has 0 aliphatic carbocycles. The molecule has 0 atom stereocenters. The summed E-state index contributed by atoms with van der Waals surface area (Å²) in [4.78, 5) is 0. The van der Waals surface area contributed by atoms with Gasteiger partial charge < -0.3 is 16.4 Å². The molecule has 0 amide bonds. The molecule has 0 aromatic rings. The Morgan fingerprint density at radius 3 is 0.714 bits per heavy atom. The Morgan fingerprint density at radius 1 is 0.714 bits per heavy atom. The van der Waals surface area contributed by atoms with E-state index in [1.165, 1.54) is 0 Å². The van der Waals surface area contributed by atoms with Gasteiger partial charge >= 0.3 is 52.0 Å². The second-order valence-electron chi connectivity index (χ2n) is 0.247. The van der Waals surface area contributed by atoms with Crippen molar-refractivity contribution in [2.75, 3.05) is 0 Å². The predicted octanol–water partition coefficient (Wildman–Crippen LogP) is 0.0627. The third kappa shape index (κ3) is 57.1. The fraction of sp³-hybridized carbons (Fsp3) is 0. The van der Waals surface area contributed by atoms with Gasteiger partial charge in [0.15, 0.2) is 0 Å². The molecule has 0 saturated carbocycles. The Morgan fingerprint density at radius 2 is 0.714 bits per heavy atom. The van der Waals surface area contributed by atoms with Crippen molar-refractivity contribution < 1.29 is 37.9 Å². The molecule has 6 N–H and O–H groups in total. The summed E-state index contributed by atoms with van der Waals surface area (Å²) < 4.78 is 0. The van der Waals surface area contributed by atoms with Gasteiger partial charge in [0, 0.05) is 0 Å². The fourth-order valence-electron chi connectivity index (χ4n) is 0. The van der Waals surface area contributed by atoms with Crippen LogP contribution in [0.2, 0.25) is 0 Å². The summed E-state index contributed by atoms with van der Waals surface area (Å²) in [7, 11) is 9.98. The van der Waals surface area contributed by atoms with Gasteiger partial charge in [-0.05, 0) is 0 Å². The predicted molar refractivity (Wildman–Crippen MR) is 37.6 cm³/mol. The molecule has 0 heterocycles. The SMILES string of the molecule is O.O.O.[Br][La]([Br])[Br]. The van der Waals surface area contributed by atoms with Crippen LogP contribution in [0.25, 0.3) is 0 Å². The van der Waals surface area contributed by atoms with Crippen molar-refractivity contribution in [1.82, 2.24) is 0 Å². The van der Waals surface area contributed by atoms with Gasteiger partial charge in [-0.3, -0.25) is 0 Å². The molecule has 0 bridgehead atoms. The molecule has 7 heteroatoms. The summed E-state index contributed by atoms with van der Waals surface area (Å²) >= 11 is -1.28. The van der Waals surface area contributed by atoms with Crippen LogP contribution in [0.4, 0.5) is 0 Å². The van der Waals surface area contributed by atoms with Gasteiger partial charge in [-0.25, -0.2) is 0 Å². The first-order chi connectivity index (χ1) is 1.73. The molecular weight excluding hydrogens is 427 g/mol. The molecule has 48 valence electrons. The van der Waals surface area contributed by atoms with Crippen molar-refractivity contribution >= 4 is 30.5 Å². The average molecular weight is 433 g/mol. The zero-order valence-corrected chi connectivity index (χ0v) is 11.6. The van der Waals surface area contributed by atoms with E-state index < -0.39 is 21.5 Å². The molecule has 0 radical (unpaired) electrons. The summed E-state index contributed by atoms with van der Waals surface area (Å²) in [5.41, 5.74) is 0. The van der Waals surface area contributed by atoms with E-state index in [2.05, 4.69) is 30.5 Å². The van der Waals surface area contributed by atoms with Crippen LogP contribution in [-0.2, 0) is 0 Å². The second-order valence-corrected chi connectivity index (χ2v) is 48.6. The molecule has 0 fully saturated rings. The average Bonchev–Trinajstić information content (AvgIpc) is 0.811. The monoisotopic (exact) mass is 430 g/mol. The quantitative estimate of drug-likeness (QED) is 0.518. The van der Waals surface area contributed by atoms with Crippen LogP contribution in [0.5, 0.6) is 0 Å². The second kappa shape index (κ2) is 15.8. The standard InChI is InChI=1S/3BrH.La.3H2O/h3*1H;;3*1H2/q;;;+3;;;/p-3. The van der Waals surface area contributed by atoms with Crippen molar-refractivity contribution in [3.63, 3.8) is 0 Å². The summed E-state index contributed by atoms with van der Waals surface area (Å²) in [5, 5.41) is 0.